The highest BCUT2D eigenvalue weighted by molar-refractivity contribution is 7.47. The predicted molar refractivity (Wildman–Crippen MR) is 215 cm³/mol. The Balaban J connectivity index is 1.08. The lowest BCUT2D eigenvalue weighted by atomic mass is 10.1. The molecule has 9 atom stereocenters. The number of benzene rings is 1. The van der Waals surface area contributed by atoms with Crippen LogP contribution in [-0.2, 0) is 53.1 Å². The van der Waals surface area contributed by atoms with Crippen molar-refractivity contribution in [1.29, 1.82) is 0 Å². The summed E-state index contributed by atoms with van der Waals surface area (Å²) in [5, 5.41) is 17.6. The van der Waals surface area contributed by atoms with Gasteiger partial charge in [-0.15, -0.1) is 0 Å². The number of carbonyl (C=O) groups excluding carboxylic acids is 2. The van der Waals surface area contributed by atoms with E-state index >= 15 is 0 Å². The molecule has 1 aromatic carbocycles. The number of phosphoric ester groups is 2. The second-order valence-corrected chi connectivity index (χ2v) is 16.7. The number of nitrogen functional groups attached to an aromatic ring is 2. The van der Waals surface area contributed by atoms with Gasteiger partial charge in [-0.05, 0) is 36.4 Å². The molecule has 3 aromatic heterocycles. The number of aliphatic hydroxyl groups is 1. The summed E-state index contributed by atoms with van der Waals surface area (Å²) in [5.74, 6) is -1.10. The maximum absolute atomic E-state index is 13.4. The summed E-state index contributed by atoms with van der Waals surface area (Å²) in [6.07, 6.45) is -7.11. The van der Waals surface area contributed by atoms with Gasteiger partial charge in [0.2, 0.25) is 0 Å². The second-order valence-electron chi connectivity index (χ2n) is 14.1. The maximum atomic E-state index is 13.4. The Bertz CT molecular complexity index is 2500. The fourth-order valence-corrected chi connectivity index (χ4v) is 7.90. The zero-order valence-corrected chi connectivity index (χ0v) is 35.0. The van der Waals surface area contributed by atoms with Crippen LogP contribution >= 0.6 is 15.6 Å². The van der Waals surface area contributed by atoms with E-state index in [9.17, 15) is 43.3 Å². The van der Waals surface area contributed by atoms with Gasteiger partial charge in [-0.3, -0.25) is 27.5 Å². The van der Waals surface area contributed by atoms with Crippen LogP contribution in [0.15, 0.2) is 59.1 Å². The van der Waals surface area contributed by atoms with Crippen molar-refractivity contribution in [3.8, 4) is 0 Å². The molecule has 5 heterocycles. The van der Waals surface area contributed by atoms with Crippen LogP contribution in [0.1, 0.15) is 43.7 Å². The first-order valence-electron chi connectivity index (χ1n) is 19.0. The third-order valence-electron chi connectivity index (χ3n) is 9.66. The van der Waals surface area contributed by atoms with Gasteiger partial charge < -0.3 is 61.3 Å². The van der Waals surface area contributed by atoms with Gasteiger partial charge in [-0.25, -0.2) is 33.7 Å². The zero-order chi connectivity index (χ0) is 46.2. The molecule has 0 aliphatic carbocycles. The number of nitrogens with zero attached hydrogens (tertiary/aromatic N) is 9. The van der Waals surface area contributed by atoms with E-state index in [1.165, 1.54) is 23.2 Å². The van der Waals surface area contributed by atoms with Crippen molar-refractivity contribution >= 4 is 56.2 Å². The van der Waals surface area contributed by atoms with Gasteiger partial charge in [0, 0.05) is 29.8 Å². The van der Waals surface area contributed by atoms with E-state index in [2.05, 4.69) is 39.8 Å². The molecule has 2 saturated heterocycles. The monoisotopic (exact) mass is 939 g/mol. The average molecular weight is 940 g/mol. The maximum Gasteiger partial charge on any atom is 0.472 e. The number of amides is 1. The third-order valence-corrected chi connectivity index (χ3v) is 11.2. The fraction of sp³-hybridized carbons (Fsp3) is 0.485. The molecule has 0 saturated carbocycles. The molecule has 2 aliphatic rings. The molecule has 31 heteroatoms. The van der Waals surface area contributed by atoms with E-state index in [0.29, 0.717) is 24.1 Å². The van der Waals surface area contributed by atoms with Gasteiger partial charge in [0.15, 0.2) is 23.8 Å². The smallest absolute Gasteiger partial charge is 0.455 e. The molecule has 2 fully saturated rings. The van der Waals surface area contributed by atoms with Crippen molar-refractivity contribution in [1.82, 2.24) is 34.4 Å². The number of aromatic nitrogens is 6. The molecule has 1 amide bonds. The highest BCUT2D eigenvalue weighted by Gasteiger charge is 2.50. The first-order chi connectivity index (χ1) is 30.4. The molecule has 1 unspecified atom stereocenters. The quantitative estimate of drug-likeness (QED) is 0.0151. The topological polar surface area (TPSA) is 431 Å². The first-order valence-corrected chi connectivity index (χ1v) is 22.1. The van der Waals surface area contributed by atoms with Crippen LogP contribution in [0.25, 0.3) is 21.6 Å². The van der Waals surface area contributed by atoms with E-state index in [1.807, 2.05) is 0 Å². The number of nitrogens with two attached hydrogens (primary N) is 3. The molecule has 0 spiro atoms. The number of hydrogen-bond acceptors (Lipinski definition) is 21. The predicted octanol–water partition coefficient (Wildman–Crippen LogP) is 0.683. The fourth-order valence-electron chi connectivity index (χ4n) is 6.59. The third kappa shape index (κ3) is 12.3. The Kier molecular flexibility index (Phi) is 15.6. The number of imidazole rings is 1. The van der Waals surface area contributed by atoms with Crippen LogP contribution in [0.4, 0.5) is 22.1 Å². The van der Waals surface area contributed by atoms with Crippen molar-refractivity contribution in [2.45, 2.75) is 81.3 Å². The van der Waals surface area contributed by atoms with E-state index < -0.39 is 95.6 Å². The molecule has 6 rings (SSSR count). The second kappa shape index (κ2) is 20.9. The molecule has 4 aromatic rings. The van der Waals surface area contributed by atoms with Crippen LogP contribution < -0.4 is 28.2 Å². The zero-order valence-electron chi connectivity index (χ0n) is 33.2. The molecular formula is C33H43N13O16P2. The van der Waals surface area contributed by atoms with Crippen molar-refractivity contribution in [2.24, 2.45) is 10.8 Å². The largest absolute Gasteiger partial charge is 0.472 e. The van der Waals surface area contributed by atoms with Crippen molar-refractivity contribution < 1.29 is 71.0 Å². The normalized spacial score (nSPS) is 23.5. The van der Waals surface area contributed by atoms with Gasteiger partial charge >= 0.3 is 33.4 Å². The lowest BCUT2D eigenvalue weighted by Crippen LogP contribution is -2.43. The Morgan fingerprint density at radius 3 is 2.56 bits per heavy atom. The average Bonchev–Trinajstić information content (AvgIpc) is 3.93. The Morgan fingerprint density at radius 2 is 1.81 bits per heavy atom. The minimum Gasteiger partial charge on any atom is -0.455 e. The summed E-state index contributed by atoms with van der Waals surface area (Å²) in [6, 6.07) is 6.58. The standard InChI is InChI=1S/C33H43N13O16P2/c34-18(6-3-4-9-38-33(50)56-12-17-5-1-2-7-19(17)43-44-37)31(48)61-27-22(60-30(26(27)47)46-16-41-25-28(36)39-15-40-29(25)46)14-58-64(54,55)62-20-11-24(45-10-8-23(35)42-32(45)49)59-21(20)13-57-63(51,52)53/h1-2,5,7-8,10,15-16,18,20-22,24,26-27,30,47H,3-4,6,9,11-14,34H2,(H,38,50)(H,54,55)(H2,35,42,49)(H2,36,39,40)(H2,51,52,53)/t18-,20-,21+,22+,24+,26+,27+,30+/m0/s1. The van der Waals surface area contributed by atoms with E-state index in [0.717, 1.165) is 10.9 Å². The Labute approximate surface area is 360 Å². The van der Waals surface area contributed by atoms with Crippen LogP contribution in [-0.4, -0.2) is 117 Å². The molecule has 11 N–H and O–H groups in total. The van der Waals surface area contributed by atoms with E-state index in [1.54, 1.807) is 24.3 Å². The Hall–Kier alpha value is -5.64. The van der Waals surface area contributed by atoms with Crippen LogP contribution in [0.5, 0.6) is 0 Å². The molecule has 346 valence electrons. The number of nitrogens with one attached hydrogen (secondary N) is 1. The molecule has 29 nitrogen and oxygen atoms in total. The van der Waals surface area contributed by atoms with Gasteiger partial charge in [0.1, 0.15) is 61.0 Å². The summed E-state index contributed by atoms with van der Waals surface area (Å²) >= 11 is 0. The number of phosphoric acid groups is 2. The lowest BCUT2D eigenvalue weighted by molar-refractivity contribution is -0.158. The number of ether oxygens (including phenoxy) is 4. The summed E-state index contributed by atoms with van der Waals surface area (Å²) in [6.45, 7) is -1.73. The minimum absolute atomic E-state index is 0.00342. The van der Waals surface area contributed by atoms with Crippen LogP contribution in [0.3, 0.4) is 0 Å². The number of unbranched alkanes of at least 4 members (excludes halogenated alkanes) is 1. The first kappa shape index (κ1) is 47.8. The summed E-state index contributed by atoms with van der Waals surface area (Å²) in [4.78, 5) is 86.0. The SMILES string of the molecule is [N-]=[N+]=Nc1ccccc1COC(=O)NCCCC[C@H](N)C(=O)O[C@H]1[C@@H](O)[C@H](n2cnc3c(N)ncnc32)O[C@@H]1COP(=O)(O)O[C@H]1C[C@H](n2ccc(N)nc2=O)O[C@@H]1COP(=O)(O)O. The number of anilines is 2. The summed E-state index contributed by atoms with van der Waals surface area (Å²) in [7, 11) is -10.3. The van der Waals surface area contributed by atoms with Gasteiger partial charge in [-0.1, -0.05) is 29.4 Å². The minimum atomic E-state index is -5.20. The molecule has 0 bridgehead atoms. The Morgan fingerprint density at radius 1 is 1.05 bits per heavy atom. The summed E-state index contributed by atoms with van der Waals surface area (Å²) in [5.41, 5.74) is 26.5. The number of fused-ring (bicyclic) bond motifs is 1. The number of aliphatic hydroxyl groups excluding tert-OH is 1. The van der Waals surface area contributed by atoms with Crippen LogP contribution in [0, 0.1) is 0 Å². The van der Waals surface area contributed by atoms with Crippen molar-refractivity contribution in [3.05, 3.63) is 75.7 Å². The molecule has 2 aliphatic heterocycles. The van der Waals surface area contributed by atoms with Gasteiger partial charge in [0.25, 0.3) is 0 Å². The van der Waals surface area contributed by atoms with Crippen LogP contribution in [0.2, 0.25) is 0 Å². The lowest BCUT2D eigenvalue weighted by Gasteiger charge is -2.24. The number of carbonyl (C=O) groups is 2. The van der Waals surface area contributed by atoms with Gasteiger partial charge in [0.05, 0.1) is 19.5 Å². The number of azide groups is 1. The molecule has 64 heavy (non-hydrogen) atoms. The highest BCUT2D eigenvalue weighted by atomic mass is 31.2. The van der Waals surface area contributed by atoms with Gasteiger partial charge in [-0.2, -0.15) is 4.98 Å². The number of alkyl carbamates (subject to hydrolysis) is 1. The molecular weight excluding hydrogens is 896 g/mol. The number of rotatable bonds is 20. The summed E-state index contributed by atoms with van der Waals surface area (Å²) < 4.78 is 64.8. The van der Waals surface area contributed by atoms with E-state index in [4.69, 9.17) is 50.7 Å². The number of esters is 1. The van der Waals surface area contributed by atoms with Crippen molar-refractivity contribution in [3.63, 3.8) is 0 Å². The molecule has 0 radical (unpaired) electrons. The highest BCUT2D eigenvalue weighted by Crippen LogP contribution is 2.50. The van der Waals surface area contributed by atoms with E-state index in [-0.39, 0.29) is 48.8 Å². The number of hydrogen-bond donors (Lipinski definition) is 8. The van der Waals surface area contributed by atoms with Crippen molar-refractivity contribution in [2.75, 3.05) is 31.2 Å².